The summed E-state index contributed by atoms with van der Waals surface area (Å²) >= 11 is 1.82. The lowest BCUT2D eigenvalue weighted by molar-refractivity contribution is 0.487. The lowest BCUT2D eigenvalue weighted by Gasteiger charge is -2.20. The van der Waals surface area contributed by atoms with Crippen molar-refractivity contribution < 1.29 is 0 Å². The average Bonchev–Trinajstić information content (AvgIpc) is 1.99. The van der Waals surface area contributed by atoms with Gasteiger partial charge in [-0.2, -0.15) is 5.26 Å². The molecule has 0 aromatic heterocycles. The predicted octanol–water partition coefficient (Wildman–Crippen LogP) is 1.73. The van der Waals surface area contributed by atoms with Gasteiger partial charge in [0.25, 0.3) is 0 Å². The highest BCUT2D eigenvalue weighted by molar-refractivity contribution is 8.02. The zero-order chi connectivity index (χ0) is 8.70. The van der Waals surface area contributed by atoms with E-state index in [1.165, 1.54) is 0 Å². The van der Waals surface area contributed by atoms with E-state index in [2.05, 4.69) is 39.1 Å². The van der Waals surface area contributed by atoms with Gasteiger partial charge in [-0.1, -0.05) is 0 Å². The zero-order valence-electron chi connectivity index (χ0n) is 7.43. The van der Waals surface area contributed by atoms with E-state index in [1.807, 2.05) is 11.8 Å². The summed E-state index contributed by atoms with van der Waals surface area (Å²) in [4.78, 5) is 0.0455. The largest absolute Gasteiger partial charge is 0.287 e. The van der Waals surface area contributed by atoms with Gasteiger partial charge in [0.05, 0.1) is 10.9 Å². The number of hydrogen-bond acceptors (Lipinski definition) is 3. The van der Waals surface area contributed by atoms with Crippen molar-refractivity contribution >= 4 is 11.8 Å². The Kier molecular flexibility index (Phi) is 1.94. The van der Waals surface area contributed by atoms with Gasteiger partial charge < -0.3 is 0 Å². The van der Waals surface area contributed by atoms with Crippen LogP contribution >= 0.6 is 11.8 Å². The van der Waals surface area contributed by atoms with Crippen LogP contribution in [0.3, 0.4) is 0 Å². The Balaban J connectivity index is 2.81. The summed E-state index contributed by atoms with van der Waals surface area (Å²) in [6, 6.07) is 2.25. The molecular formula is C8H14N2S. The fourth-order valence-electron chi connectivity index (χ4n) is 1.46. The van der Waals surface area contributed by atoms with E-state index in [-0.39, 0.29) is 15.7 Å². The van der Waals surface area contributed by atoms with Crippen molar-refractivity contribution in [2.75, 3.05) is 0 Å². The lowest BCUT2D eigenvalue weighted by Crippen LogP contribution is -2.39. The van der Waals surface area contributed by atoms with Crippen molar-refractivity contribution in [3.63, 3.8) is 0 Å². The molecule has 0 aromatic rings. The number of nitrogens with zero attached hydrogens (tertiary/aromatic N) is 1. The van der Waals surface area contributed by atoms with Crippen LogP contribution in [0, 0.1) is 11.3 Å². The molecule has 0 aromatic carbocycles. The maximum Gasteiger partial charge on any atom is 0.111 e. The van der Waals surface area contributed by atoms with Crippen LogP contribution in [-0.2, 0) is 0 Å². The van der Waals surface area contributed by atoms with Gasteiger partial charge in [0.2, 0.25) is 0 Å². The van der Waals surface area contributed by atoms with Gasteiger partial charge in [0.1, 0.15) is 6.04 Å². The fourth-order valence-corrected chi connectivity index (χ4v) is 3.18. The van der Waals surface area contributed by atoms with Crippen molar-refractivity contribution in [2.24, 2.45) is 0 Å². The minimum Gasteiger partial charge on any atom is -0.287 e. The third-order valence-electron chi connectivity index (χ3n) is 1.83. The van der Waals surface area contributed by atoms with Crippen LogP contribution in [0.15, 0.2) is 0 Å². The molecule has 62 valence electrons. The summed E-state index contributed by atoms with van der Waals surface area (Å²) in [5.41, 5.74) is 0. The molecule has 1 aliphatic heterocycles. The maximum atomic E-state index is 8.81. The first-order chi connectivity index (χ1) is 4.87. The van der Waals surface area contributed by atoms with Gasteiger partial charge in [-0.25, -0.2) is 0 Å². The summed E-state index contributed by atoms with van der Waals surface area (Å²) in [6.07, 6.45) is 0. The summed E-state index contributed by atoms with van der Waals surface area (Å²) in [6.45, 7) is 8.42. The molecule has 3 heteroatoms. The molecule has 1 aliphatic rings. The molecule has 1 saturated heterocycles. The Morgan fingerprint density at radius 2 is 1.91 bits per heavy atom. The van der Waals surface area contributed by atoms with Gasteiger partial charge in [-0.15, -0.1) is 11.8 Å². The van der Waals surface area contributed by atoms with Crippen molar-refractivity contribution in [1.82, 2.24) is 5.32 Å². The first-order valence-corrected chi connectivity index (χ1v) is 4.56. The monoisotopic (exact) mass is 170 g/mol. The van der Waals surface area contributed by atoms with Crippen molar-refractivity contribution in [3.05, 3.63) is 0 Å². The zero-order valence-corrected chi connectivity index (χ0v) is 8.25. The smallest absolute Gasteiger partial charge is 0.111 e. The molecule has 0 aliphatic carbocycles. The Labute approximate surface area is 72.4 Å². The SMILES string of the molecule is CC1(C)NC(C#N)C(C)(C)S1. The third kappa shape index (κ3) is 1.69. The second-order valence-corrected chi connectivity index (χ2v) is 6.20. The average molecular weight is 170 g/mol. The molecule has 0 amide bonds. The van der Waals surface area contributed by atoms with Crippen molar-refractivity contribution in [3.8, 4) is 6.07 Å². The lowest BCUT2D eigenvalue weighted by atomic mass is 10.0. The maximum absolute atomic E-state index is 8.81. The summed E-state index contributed by atoms with van der Waals surface area (Å²) < 4.78 is 0.0399. The molecule has 0 saturated carbocycles. The fraction of sp³-hybridized carbons (Fsp3) is 0.875. The molecule has 0 spiro atoms. The molecule has 2 nitrogen and oxygen atoms in total. The Hall–Kier alpha value is -0.200. The van der Waals surface area contributed by atoms with E-state index in [9.17, 15) is 0 Å². The van der Waals surface area contributed by atoms with E-state index in [4.69, 9.17) is 5.26 Å². The molecule has 1 heterocycles. The second-order valence-electron chi connectivity index (χ2n) is 3.92. The summed E-state index contributed by atoms with van der Waals surface area (Å²) in [5, 5.41) is 12.1. The first kappa shape index (κ1) is 8.89. The van der Waals surface area contributed by atoms with Gasteiger partial charge >= 0.3 is 0 Å². The van der Waals surface area contributed by atoms with Crippen LogP contribution in [-0.4, -0.2) is 15.7 Å². The van der Waals surface area contributed by atoms with Crippen LogP contribution < -0.4 is 5.32 Å². The van der Waals surface area contributed by atoms with Crippen LogP contribution in [0.25, 0.3) is 0 Å². The minimum absolute atomic E-state index is 0.0255. The Bertz CT molecular complexity index is 203. The van der Waals surface area contributed by atoms with Crippen LogP contribution in [0.5, 0.6) is 0 Å². The molecule has 1 fully saturated rings. The number of nitriles is 1. The van der Waals surface area contributed by atoms with E-state index in [0.29, 0.717) is 0 Å². The normalized spacial score (nSPS) is 33.2. The number of thioether (sulfide) groups is 1. The van der Waals surface area contributed by atoms with E-state index >= 15 is 0 Å². The molecule has 0 bridgehead atoms. The minimum atomic E-state index is -0.0255. The first-order valence-electron chi connectivity index (χ1n) is 3.75. The highest BCUT2D eigenvalue weighted by atomic mass is 32.2. The number of rotatable bonds is 0. The Morgan fingerprint density at radius 3 is 2.09 bits per heavy atom. The standard InChI is InChI=1S/C8H14N2S/c1-7(2)6(5-9)10-8(3,4)11-7/h6,10H,1-4H3. The van der Waals surface area contributed by atoms with Crippen LogP contribution in [0.2, 0.25) is 0 Å². The molecule has 1 rings (SSSR count). The van der Waals surface area contributed by atoms with Crippen molar-refractivity contribution in [1.29, 1.82) is 5.26 Å². The van der Waals surface area contributed by atoms with E-state index < -0.39 is 0 Å². The van der Waals surface area contributed by atoms with E-state index in [0.717, 1.165) is 0 Å². The highest BCUT2D eigenvalue weighted by Gasteiger charge is 2.45. The molecule has 11 heavy (non-hydrogen) atoms. The third-order valence-corrected chi connectivity index (χ3v) is 3.22. The predicted molar refractivity (Wildman–Crippen MR) is 48.3 cm³/mol. The molecule has 1 N–H and O–H groups in total. The van der Waals surface area contributed by atoms with Crippen molar-refractivity contribution in [2.45, 2.75) is 43.4 Å². The van der Waals surface area contributed by atoms with Gasteiger partial charge in [-0.3, -0.25) is 5.32 Å². The quantitative estimate of drug-likeness (QED) is 0.601. The Morgan fingerprint density at radius 1 is 1.36 bits per heavy atom. The molecule has 0 radical (unpaired) electrons. The number of hydrogen-bond donors (Lipinski definition) is 1. The van der Waals surface area contributed by atoms with Gasteiger partial charge in [0, 0.05) is 4.75 Å². The van der Waals surface area contributed by atoms with E-state index in [1.54, 1.807) is 0 Å². The highest BCUT2D eigenvalue weighted by Crippen LogP contribution is 2.43. The molecule has 1 atom stereocenters. The molecule has 1 unspecified atom stereocenters. The van der Waals surface area contributed by atoms with Gasteiger partial charge in [-0.05, 0) is 27.7 Å². The van der Waals surface area contributed by atoms with Crippen LogP contribution in [0.1, 0.15) is 27.7 Å². The second kappa shape index (κ2) is 2.40. The summed E-state index contributed by atoms with van der Waals surface area (Å²) in [7, 11) is 0. The van der Waals surface area contributed by atoms with Crippen LogP contribution in [0.4, 0.5) is 0 Å². The number of nitrogens with one attached hydrogen (secondary N) is 1. The van der Waals surface area contributed by atoms with Gasteiger partial charge in [0.15, 0.2) is 0 Å². The molecular weight excluding hydrogens is 156 g/mol. The summed E-state index contributed by atoms with van der Waals surface area (Å²) in [5.74, 6) is 0. The topological polar surface area (TPSA) is 35.8 Å².